The first kappa shape index (κ1) is 17.2. The molecule has 0 radical (unpaired) electrons. The minimum atomic E-state index is -4.19. The van der Waals surface area contributed by atoms with Gasteiger partial charge in [-0.2, -0.15) is 18.4 Å². The Morgan fingerprint density at radius 1 is 1.33 bits per heavy atom. The summed E-state index contributed by atoms with van der Waals surface area (Å²) in [5.74, 6) is 0. The second-order valence-electron chi connectivity index (χ2n) is 6.59. The van der Waals surface area contributed by atoms with Crippen LogP contribution in [0, 0.1) is 11.3 Å². The van der Waals surface area contributed by atoms with Crippen molar-refractivity contribution < 1.29 is 13.2 Å². The summed E-state index contributed by atoms with van der Waals surface area (Å²) in [6, 6.07) is 3.51. The van der Waals surface area contributed by atoms with Gasteiger partial charge in [-0.15, -0.1) is 0 Å². The Kier molecular flexibility index (Phi) is 4.58. The van der Waals surface area contributed by atoms with Gasteiger partial charge in [-0.1, -0.05) is 17.7 Å². The van der Waals surface area contributed by atoms with E-state index >= 15 is 0 Å². The fraction of sp³-hybridized carbons (Fsp3) is 0.529. The fourth-order valence-corrected chi connectivity index (χ4v) is 4.37. The van der Waals surface area contributed by atoms with Crippen LogP contribution >= 0.6 is 11.6 Å². The molecule has 3 heterocycles. The first-order valence-electron chi connectivity index (χ1n) is 7.84. The third-order valence-corrected chi connectivity index (χ3v) is 5.30. The van der Waals surface area contributed by atoms with E-state index in [-0.39, 0.29) is 12.1 Å². The summed E-state index contributed by atoms with van der Waals surface area (Å²) < 4.78 is 38.6. The van der Waals surface area contributed by atoms with Crippen molar-refractivity contribution in [2.45, 2.75) is 49.4 Å². The van der Waals surface area contributed by atoms with Crippen LogP contribution < -0.4 is 0 Å². The molecule has 24 heavy (non-hydrogen) atoms. The van der Waals surface area contributed by atoms with E-state index in [9.17, 15) is 13.2 Å². The van der Waals surface area contributed by atoms with Gasteiger partial charge in [0.2, 0.25) is 0 Å². The zero-order chi connectivity index (χ0) is 17.4. The third kappa shape index (κ3) is 3.42. The van der Waals surface area contributed by atoms with Crippen LogP contribution in [0.5, 0.6) is 0 Å². The molecule has 1 aromatic rings. The molecule has 2 atom stereocenters. The lowest BCUT2D eigenvalue weighted by Crippen LogP contribution is -2.51. The van der Waals surface area contributed by atoms with Crippen molar-refractivity contribution in [3.8, 4) is 6.07 Å². The van der Waals surface area contributed by atoms with Crippen LogP contribution in [-0.2, 0) is 5.41 Å². The molecule has 2 saturated heterocycles. The van der Waals surface area contributed by atoms with Crippen molar-refractivity contribution >= 4 is 11.6 Å². The molecular formula is C17H17ClF3N3. The van der Waals surface area contributed by atoms with Crippen LogP contribution in [0.3, 0.4) is 0 Å². The van der Waals surface area contributed by atoms with E-state index in [1.54, 1.807) is 17.2 Å². The largest absolute Gasteiger partial charge is 0.401 e. The lowest BCUT2D eigenvalue weighted by molar-refractivity contribution is -0.156. The molecule has 2 unspecified atom stereocenters. The Morgan fingerprint density at radius 2 is 2.00 bits per heavy atom. The number of hydrogen-bond donors (Lipinski definition) is 0. The second kappa shape index (κ2) is 6.38. The van der Waals surface area contributed by atoms with Crippen LogP contribution in [0.25, 0.3) is 0 Å². The highest BCUT2D eigenvalue weighted by atomic mass is 35.5. The average Bonchev–Trinajstić information content (AvgIpc) is 2.75. The first-order valence-corrected chi connectivity index (χ1v) is 8.22. The summed E-state index contributed by atoms with van der Waals surface area (Å²) in [5.41, 5.74) is 0.381. The van der Waals surface area contributed by atoms with Gasteiger partial charge in [0.05, 0.1) is 17.6 Å². The Labute approximate surface area is 143 Å². The Morgan fingerprint density at radius 3 is 2.54 bits per heavy atom. The van der Waals surface area contributed by atoms with Gasteiger partial charge in [0.15, 0.2) is 0 Å². The SMILES string of the molecule is N#CC=CC1(c2cncc(Cl)c2)CC2CCC(C1)N2CC(F)(F)F. The van der Waals surface area contributed by atoms with Crippen molar-refractivity contribution in [1.82, 2.24) is 9.88 Å². The number of alkyl halides is 3. The number of allylic oxidation sites excluding steroid dienone is 2. The number of nitrogens with zero attached hydrogens (tertiary/aromatic N) is 3. The van der Waals surface area contributed by atoms with Crippen LogP contribution in [0.15, 0.2) is 30.6 Å². The highest BCUT2D eigenvalue weighted by molar-refractivity contribution is 6.30. The molecule has 0 aliphatic carbocycles. The molecule has 0 N–H and O–H groups in total. The van der Waals surface area contributed by atoms with Gasteiger partial charge < -0.3 is 0 Å². The van der Waals surface area contributed by atoms with E-state index in [1.807, 2.05) is 12.1 Å². The summed E-state index contributed by atoms with van der Waals surface area (Å²) >= 11 is 6.05. The maximum atomic E-state index is 12.9. The topological polar surface area (TPSA) is 39.9 Å². The molecular weight excluding hydrogens is 339 g/mol. The third-order valence-electron chi connectivity index (χ3n) is 5.09. The molecule has 2 aliphatic rings. The zero-order valence-electron chi connectivity index (χ0n) is 12.9. The van der Waals surface area contributed by atoms with Gasteiger partial charge in [-0.05, 0) is 37.3 Å². The van der Waals surface area contributed by atoms with Crippen molar-refractivity contribution in [2.75, 3.05) is 6.54 Å². The van der Waals surface area contributed by atoms with Crippen molar-refractivity contribution in [2.24, 2.45) is 0 Å². The van der Waals surface area contributed by atoms with Gasteiger partial charge in [0.25, 0.3) is 0 Å². The standard InChI is InChI=1S/C17H17ClF3N3/c18-13-6-12(9-23-10-13)16(4-1-5-22)7-14-2-3-15(8-16)24(14)11-17(19,20)21/h1,4,6,9-10,14-15H,2-3,7-8,11H2. The normalized spacial score (nSPS) is 30.6. The van der Waals surface area contributed by atoms with E-state index in [1.165, 1.54) is 12.3 Å². The number of nitriles is 1. The van der Waals surface area contributed by atoms with Gasteiger partial charge >= 0.3 is 6.18 Å². The van der Waals surface area contributed by atoms with E-state index in [2.05, 4.69) is 4.98 Å². The summed E-state index contributed by atoms with van der Waals surface area (Å²) in [6.07, 6.45) is 4.84. The lowest BCUT2D eigenvalue weighted by Gasteiger charge is -2.45. The smallest absolute Gasteiger partial charge is 0.289 e. The molecule has 0 amide bonds. The quantitative estimate of drug-likeness (QED) is 0.761. The highest BCUT2D eigenvalue weighted by Gasteiger charge is 2.50. The number of pyridine rings is 1. The lowest BCUT2D eigenvalue weighted by atomic mass is 9.70. The molecule has 2 fully saturated rings. The molecule has 0 spiro atoms. The molecule has 0 saturated carbocycles. The molecule has 2 bridgehead atoms. The summed E-state index contributed by atoms with van der Waals surface area (Å²) in [4.78, 5) is 5.70. The molecule has 128 valence electrons. The number of piperidine rings is 1. The van der Waals surface area contributed by atoms with Crippen LogP contribution in [0.2, 0.25) is 5.02 Å². The highest BCUT2D eigenvalue weighted by Crippen LogP contribution is 2.49. The van der Waals surface area contributed by atoms with Crippen molar-refractivity contribution in [1.29, 1.82) is 5.26 Å². The maximum Gasteiger partial charge on any atom is 0.401 e. The number of aromatic nitrogens is 1. The minimum Gasteiger partial charge on any atom is -0.289 e. The second-order valence-corrected chi connectivity index (χ2v) is 7.03. The van der Waals surface area contributed by atoms with Crippen molar-refractivity contribution in [3.63, 3.8) is 0 Å². The predicted octanol–water partition coefficient (Wildman–Crippen LogP) is 4.24. The van der Waals surface area contributed by atoms with Crippen LogP contribution in [-0.4, -0.2) is 34.7 Å². The molecule has 0 aromatic carbocycles. The van der Waals surface area contributed by atoms with Crippen LogP contribution in [0.4, 0.5) is 13.2 Å². The summed E-state index contributed by atoms with van der Waals surface area (Å²) in [5, 5.41) is 9.42. The minimum absolute atomic E-state index is 0.146. The van der Waals surface area contributed by atoms with Crippen molar-refractivity contribution in [3.05, 3.63) is 41.2 Å². The fourth-order valence-electron chi connectivity index (χ4n) is 4.19. The predicted molar refractivity (Wildman–Crippen MR) is 84.5 cm³/mol. The molecule has 1 aromatic heterocycles. The Hall–Kier alpha value is -1.58. The number of fused-ring (bicyclic) bond motifs is 2. The first-order chi connectivity index (χ1) is 11.3. The molecule has 3 rings (SSSR count). The van der Waals surface area contributed by atoms with E-state index in [4.69, 9.17) is 16.9 Å². The van der Waals surface area contributed by atoms with Gasteiger partial charge in [0.1, 0.15) is 0 Å². The summed E-state index contributed by atoms with van der Waals surface area (Å²) in [6.45, 7) is -0.867. The monoisotopic (exact) mass is 355 g/mol. The Balaban J connectivity index is 1.94. The molecule has 7 heteroatoms. The van der Waals surface area contributed by atoms with E-state index < -0.39 is 18.1 Å². The van der Waals surface area contributed by atoms with Gasteiger partial charge in [-0.3, -0.25) is 9.88 Å². The van der Waals surface area contributed by atoms with E-state index in [0.717, 1.165) is 18.4 Å². The van der Waals surface area contributed by atoms with E-state index in [0.29, 0.717) is 17.9 Å². The van der Waals surface area contributed by atoms with Crippen LogP contribution in [0.1, 0.15) is 31.2 Å². The van der Waals surface area contributed by atoms with Gasteiger partial charge in [-0.25, -0.2) is 0 Å². The molecule has 2 aliphatic heterocycles. The maximum absolute atomic E-state index is 12.9. The Bertz CT molecular complexity index is 666. The van der Waals surface area contributed by atoms with Gasteiger partial charge in [0, 0.05) is 36.0 Å². The number of hydrogen-bond acceptors (Lipinski definition) is 3. The number of rotatable bonds is 3. The average molecular weight is 356 g/mol. The zero-order valence-corrected chi connectivity index (χ0v) is 13.7. The number of halogens is 4. The molecule has 3 nitrogen and oxygen atoms in total. The summed E-state index contributed by atoms with van der Waals surface area (Å²) in [7, 11) is 0.